The number of benzene rings is 1. The quantitative estimate of drug-likeness (QED) is 0.925. The van der Waals surface area contributed by atoms with E-state index in [4.69, 9.17) is 0 Å². The molecular weight excluding hydrogens is 284 g/mol. The number of hydrogen-bond donors (Lipinski definition) is 1. The minimum atomic E-state index is -3.76. The molecule has 98 valence electrons. The molecule has 5 nitrogen and oxygen atoms in total. The highest BCUT2D eigenvalue weighted by Crippen LogP contribution is 2.33. The summed E-state index contributed by atoms with van der Waals surface area (Å²) in [6.45, 7) is 0.0320. The van der Waals surface area contributed by atoms with Crippen molar-refractivity contribution in [3.05, 3.63) is 46.7 Å². The summed E-state index contributed by atoms with van der Waals surface area (Å²) in [5.41, 5.74) is 1.12. The Morgan fingerprint density at radius 3 is 2.63 bits per heavy atom. The topological polar surface area (TPSA) is 66.5 Å². The first kappa shape index (κ1) is 12.2. The van der Waals surface area contributed by atoms with Crippen LogP contribution in [0.15, 0.2) is 46.0 Å². The summed E-state index contributed by atoms with van der Waals surface area (Å²) in [5, 5.41) is 5.73. The second-order valence-corrected chi connectivity index (χ2v) is 6.65. The van der Waals surface area contributed by atoms with Crippen LogP contribution in [0.2, 0.25) is 0 Å². The average Bonchev–Trinajstić information content (AvgIpc) is 2.85. The van der Waals surface area contributed by atoms with Crippen molar-refractivity contribution in [1.82, 2.24) is 4.31 Å². The molecule has 2 heterocycles. The minimum absolute atomic E-state index is 0.0320. The number of fused-ring (bicyclic) bond motifs is 1. The van der Waals surface area contributed by atoms with Crippen LogP contribution < -0.4 is 5.32 Å². The Bertz CT molecular complexity index is 722. The van der Waals surface area contributed by atoms with Gasteiger partial charge in [0.1, 0.15) is 4.90 Å². The fraction of sp³-hybridized carbons (Fsp3) is 0.0833. The van der Waals surface area contributed by atoms with Gasteiger partial charge in [0.15, 0.2) is 0 Å². The Hall–Kier alpha value is -1.86. The van der Waals surface area contributed by atoms with Crippen LogP contribution in [0.25, 0.3) is 0 Å². The lowest BCUT2D eigenvalue weighted by atomic mass is 10.2. The fourth-order valence-electron chi connectivity index (χ4n) is 1.89. The van der Waals surface area contributed by atoms with Crippen molar-refractivity contribution in [3.8, 4) is 0 Å². The molecule has 0 radical (unpaired) electrons. The predicted octanol–water partition coefficient (Wildman–Crippen LogP) is 2.48. The van der Waals surface area contributed by atoms with Crippen LogP contribution >= 0.6 is 11.3 Å². The predicted molar refractivity (Wildman–Crippen MR) is 72.5 cm³/mol. The Balaban J connectivity index is 2.01. The first-order chi connectivity index (χ1) is 9.09. The number of amides is 2. The molecule has 1 aliphatic heterocycles. The zero-order valence-corrected chi connectivity index (χ0v) is 11.4. The van der Waals surface area contributed by atoms with Gasteiger partial charge in [-0.25, -0.2) is 17.5 Å². The highest BCUT2D eigenvalue weighted by molar-refractivity contribution is 7.90. The molecule has 3 rings (SSSR count). The van der Waals surface area contributed by atoms with Crippen LogP contribution in [0.4, 0.5) is 10.5 Å². The standard InChI is InChI=1S/C12H10N2O3S2/c15-12-13-10-7-18-8-11(10)19(16,17)14(12)6-9-4-2-1-3-5-9/h1-5,7-8H,6H2,(H,13,15). The maximum absolute atomic E-state index is 12.4. The summed E-state index contributed by atoms with van der Waals surface area (Å²) in [4.78, 5) is 12.1. The average molecular weight is 294 g/mol. The van der Waals surface area contributed by atoms with Gasteiger partial charge in [0.2, 0.25) is 0 Å². The van der Waals surface area contributed by atoms with Gasteiger partial charge in [0, 0.05) is 10.8 Å². The molecular formula is C12H10N2O3S2. The molecule has 0 spiro atoms. The SMILES string of the molecule is O=C1Nc2cscc2S(=O)(=O)N1Cc1ccccc1. The summed E-state index contributed by atoms with van der Waals surface area (Å²) >= 11 is 1.25. The highest BCUT2D eigenvalue weighted by atomic mass is 32.2. The summed E-state index contributed by atoms with van der Waals surface area (Å²) in [7, 11) is -3.76. The molecule has 0 atom stereocenters. The molecule has 2 aromatic rings. The number of carbonyl (C=O) groups excluding carboxylic acids is 1. The molecule has 0 unspecified atom stereocenters. The van der Waals surface area contributed by atoms with E-state index in [-0.39, 0.29) is 11.4 Å². The highest BCUT2D eigenvalue weighted by Gasteiger charge is 2.37. The van der Waals surface area contributed by atoms with Crippen molar-refractivity contribution in [3.63, 3.8) is 0 Å². The van der Waals surface area contributed by atoms with Crippen molar-refractivity contribution in [2.45, 2.75) is 11.4 Å². The zero-order chi connectivity index (χ0) is 13.5. The fourth-order valence-corrected chi connectivity index (χ4v) is 4.46. The summed E-state index contributed by atoms with van der Waals surface area (Å²) in [6, 6.07) is 8.40. The lowest BCUT2D eigenvalue weighted by molar-refractivity contribution is 0.233. The molecule has 0 saturated carbocycles. The lowest BCUT2D eigenvalue weighted by Gasteiger charge is -2.27. The van der Waals surface area contributed by atoms with Gasteiger partial charge in [0.05, 0.1) is 12.2 Å². The largest absolute Gasteiger partial charge is 0.336 e. The number of anilines is 1. The summed E-state index contributed by atoms with van der Waals surface area (Å²) in [5.74, 6) is 0. The Morgan fingerprint density at radius 2 is 1.89 bits per heavy atom. The first-order valence-corrected chi connectivity index (χ1v) is 7.91. The monoisotopic (exact) mass is 294 g/mol. The van der Waals surface area contributed by atoms with Gasteiger partial charge in [-0.15, -0.1) is 11.3 Å². The van der Waals surface area contributed by atoms with E-state index >= 15 is 0 Å². The number of hydrogen-bond acceptors (Lipinski definition) is 4. The Labute approximate surface area is 114 Å². The zero-order valence-electron chi connectivity index (χ0n) is 9.74. The second kappa shape index (κ2) is 4.36. The molecule has 2 amide bonds. The van der Waals surface area contributed by atoms with E-state index in [2.05, 4.69) is 5.32 Å². The number of rotatable bonds is 2. The second-order valence-electron chi connectivity index (χ2n) is 4.08. The van der Waals surface area contributed by atoms with E-state index in [1.807, 2.05) is 6.07 Å². The van der Waals surface area contributed by atoms with E-state index in [0.717, 1.165) is 9.87 Å². The number of nitrogens with zero attached hydrogens (tertiary/aromatic N) is 1. The number of urea groups is 1. The van der Waals surface area contributed by atoms with Gasteiger partial charge < -0.3 is 5.32 Å². The van der Waals surface area contributed by atoms with Crippen molar-refractivity contribution < 1.29 is 13.2 Å². The van der Waals surface area contributed by atoms with Crippen LogP contribution in [-0.4, -0.2) is 18.8 Å². The minimum Gasteiger partial charge on any atom is -0.305 e. The molecule has 7 heteroatoms. The molecule has 0 fully saturated rings. The Morgan fingerprint density at radius 1 is 1.16 bits per heavy atom. The van der Waals surface area contributed by atoms with Gasteiger partial charge in [0.25, 0.3) is 10.0 Å². The number of nitrogens with one attached hydrogen (secondary N) is 1. The van der Waals surface area contributed by atoms with Gasteiger partial charge in [-0.2, -0.15) is 0 Å². The summed E-state index contributed by atoms with van der Waals surface area (Å²) in [6.07, 6.45) is 0. The molecule has 1 aliphatic rings. The first-order valence-electron chi connectivity index (χ1n) is 5.53. The van der Waals surface area contributed by atoms with Crippen LogP contribution in [0.5, 0.6) is 0 Å². The third-order valence-electron chi connectivity index (χ3n) is 2.83. The van der Waals surface area contributed by atoms with Crippen LogP contribution in [-0.2, 0) is 16.6 Å². The molecule has 1 aromatic carbocycles. The van der Waals surface area contributed by atoms with Crippen LogP contribution in [0.1, 0.15) is 5.56 Å². The van der Waals surface area contributed by atoms with Crippen LogP contribution in [0.3, 0.4) is 0 Å². The Kier molecular flexibility index (Phi) is 2.79. The van der Waals surface area contributed by atoms with Crippen LogP contribution in [0, 0.1) is 0 Å². The van der Waals surface area contributed by atoms with E-state index in [9.17, 15) is 13.2 Å². The summed E-state index contributed by atoms with van der Waals surface area (Å²) < 4.78 is 25.6. The van der Waals surface area contributed by atoms with Gasteiger partial charge in [-0.1, -0.05) is 30.3 Å². The molecule has 19 heavy (non-hydrogen) atoms. The number of sulfonamides is 1. The van der Waals surface area contributed by atoms with Crippen molar-refractivity contribution in [2.75, 3.05) is 5.32 Å². The molecule has 1 aromatic heterocycles. The molecule has 1 N–H and O–H groups in total. The van der Waals surface area contributed by atoms with E-state index in [0.29, 0.717) is 5.69 Å². The number of thiophene rings is 1. The third-order valence-corrected chi connectivity index (χ3v) is 5.49. The van der Waals surface area contributed by atoms with Crippen molar-refractivity contribution in [2.24, 2.45) is 0 Å². The maximum Gasteiger partial charge on any atom is 0.336 e. The molecule has 0 aliphatic carbocycles. The third kappa shape index (κ3) is 2.00. The van der Waals surface area contributed by atoms with Crippen molar-refractivity contribution in [1.29, 1.82) is 0 Å². The maximum atomic E-state index is 12.4. The van der Waals surface area contributed by atoms with E-state index in [1.54, 1.807) is 29.6 Å². The van der Waals surface area contributed by atoms with E-state index < -0.39 is 16.1 Å². The molecule has 0 bridgehead atoms. The number of carbonyl (C=O) groups is 1. The lowest BCUT2D eigenvalue weighted by Crippen LogP contribution is -2.42. The van der Waals surface area contributed by atoms with Gasteiger partial charge in [-0.3, -0.25) is 0 Å². The molecule has 0 saturated heterocycles. The van der Waals surface area contributed by atoms with Crippen molar-refractivity contribution >= 4 is 33.1 Å². The normalized spacial score (nSPS) is 16.8. The van der Waals surface area contributed by atoms with Gasteiger partial charge >= 0.3 is 6.03 Å². The van der Waals surface area contributed by atoms with Gasteiger partial charge in [-0.05, 0) is 5.56 Å². The van der Waals surface area contributed by atoms with E-state index in [1.165, 1.54) is 16.7 Å². The smallest absolute Gasteiger partial charge is 0.305 e.